The smallest absolute Gasteiger partial charge is 0.272 e. The summed E-state index contributed by atoms with van der Waals surface area (Å²) in [6.45, 7) is -0.253. The van der Waals surface area contributed by atoms with Crippen molar-refractivity contribution in [2.24, 2.45) is 5.92 Å². The van der Waals surface area contributed by atoms with Crippen molar-refractivity contribution < 1.29 is 18.7 Å². The maximum absolute atomic E-state index is 14.4. The first-order valence-corrected chi connectivity index (χ1v) is 9.60. The number of nitrogens with zero attached hydrogens (tertiary/aromatic N) is 2. The number of rotatable bonds is 5. The largest absolute Gasteiger partial charge is 0.394 e. The number of aromatic nitrogens is 2. The van der Waals surface area contributed by atoms with E-state index in [1.54, 1.807) is 0 Å². The predicted octanol–water partition coefficient (Wildman–Crippen LogP) is 3.27. The third-order valence-corrected chi connectivity index (χ3v) is 5.81. The van der Waals surface area contributed by atoms with Gasteiger partial charge in [0.25, 0.3) is 5.91 Å². The Balaban J connectivity index is 1.51. The zero-order valence-corrected chi connectivity index (χ0v) is 15.5. The molecule has 1 aromatic heterocycles. The van der Waals surface area contributed by atoms with Crippen molar-refractivity contribution in [3.05, 3.63) is 82.7 Å². The number of halogens is 2. The van der Waals surface area contributed by atoms with E-state index in [1.807, 2.05) is 30.3 Å². The van der Waals surface area contributed by atoms with E-state index in [0.717, 1.165) is 35.7 Å². The number of hydrogen-bond donors (Lipinski definition) is 2. The lowest BCUT2D eigenvalue weighted by atomic mass is 10.1. The van der Waals surface area contributed by atoms with Crippen LogP contribution in [0.4, 0.5) is 8.78 Å². The molecule has 29 heavy (non-hydrogen) atoms. The molecule has 2 aliphatic carbocycles. The van der Waals surface area contributed by atoms with Gasteiger partial charge in [-0.25, -0.2) is 13.5 Å². The van der Waals surface area contributed by atoms with Crippen LogP contribution in [0, 0.1) is 17.6 Å². The van der Waals surface area contributed by atoms with Crippen molar-refractivity contribution >= 4 is 5.91 Å². The van der Waals surface area contributed by atoms with Gasteiger partial charge in [0, 0.05) is 17.5 Å². The molecule has 1 amide bonds. The van der Waals surface area contributed by atoms with Crippen LogP contribution in [0.25, 0.3) is 5.69 Å². The number of carbonyl (C=O) groups is 1. The minimum absolute atomic E-state index is 0.135. The van der Waals surface area contributed by atoms with Crippen molar-refractivity contribution in [1.29, 1.82) is 0 Å². The topological polar surface area (TPSA) is 67.2 Å². The van der Waals surface area contributed by atoms with Crippen LogP contribution in [-0.2, 0) is 6.42 Å². The highest BCUT2D eigenvalue weighted by molar-refractivity contribution is 5.94. The molecular weight excluding hydrogens is 376 g/mol. The van der Waals surface area contributed by atoms with Gasteiger partial charge in [0.2, 0.25) is 0 Å². The second-order valence-electron chi connectivity index (χ2n) is 7.65. The third kappa shape index (κ3) is 3.02. The summed E-state index contributed by atoms with van der Waals surface area (Å²) in [6, 6.07) is 12.0. The lowest BCUT2D eigenvalue weighted by Crippen LogP contribution is -2.31. The van der Waals surface area contributed by atoms with Crippen LogP contribution in [0.1, 0.15) is 45.7 Å². The van der Waals surface area contributed by atoms with E-state index in [2.05, 4.69) is 10.4 Å². The van der Waals surface area contributed by atoms with E-state index in [4.69, 9.17) is 0 Å². The Kier molecular flexibility index (Phi) is 4.20. The maximum Gasteiger partial charge on any atom is 0.272 e. The molecule has 1 fully saturated rings. The van der Waals surface area contributed by atoms with Crippen molar-refractivity contribution in [2.45, 2.75) is 24.8 Å². The Morgan fingerprint density at radius 2 is 2.03 bits per heavy atom. The SMILES string of the molecule is O=C(N[C@@H](CO)c1ccccc1)c1nn(-c2ccc(F)cc2F)c2c1C[C@H]1C[C@@H]21. The lowest BCUT2D eigenvalue weighted by Gasteiger charge is -2.16. The summed E-state index contributed by atoms with van der Waals surface area (Å²) >= 11 is 0. The Morgan fingerprint density at radius 3 is 2.76 bits per heavy atom. The average molecular weight is 395 g/mol. The summed E-state index contributed by atoms with van der Waals surface area (Å²) in [6.07, 6.45) is 1.71. The minimum Gasteiger partial charge on any atom is -0.394 e. The number of benzene rings is 2. The molecule has 0 bridgehead atoms. The Hall–Kier alpha value is -3.06. The molecule has 2 aromatic carbocycles. The summed E-state index contributed by atoms with van der Waals surface area (Å²) in [5.74, 6) is -1.08. The van der Waals surface area contributed by atoms with Gasteiger partial charge >= 0.3 is 0 Å². The minimum atomic E-state index is -0.719. The van der Waals surface area contributed by atoms with Crippen molar-refractivity contribution in [2.75, 3.05) is 6.61 Å². The van der Waals surface area contributed by atoms with Gasteiger partial charge in [-0.05, 0) is 36.5 Å². The van der Waals surface area contributed by atoms with E-state index >= 15 is 0 Å². The van der Waals surface area contributed by atoms with Gasteiger partial charge < -0.3 is 10.4 Å². The first-order valence-electron chi connectivity index (χ1n) is 9.60. The van der Waals surface area contributed by atoms with Crippen molar-refractivity contribution in [3.63, 3.8) is 0 Å². The molecule has 0 unspecified atom stereocenters. The molecule has 0 aliphatic heterocycles. The second kappa shape index (κ2) is 6.77. The first-order chi connectivity index (χ1) is 14.1. The van der Waals surface area contributed by atoms with Gasteiger partial charge in [-0.15, -0.1) is 0 Å². The molecule has 5 nitrogen and oxygen atoms in total. The fraction of sp³-hybridized carbons (Fsp3) is 0.273. The van der Waals surface area contributed by atoms with Crippen LogP contribution in [0.15, 0.2) is 48.5 Å². The second-order valence-corrected chi connectivity index (χ2v) is 7.65. The number of amides is 1. The highest BCUT2D eigenvalue weighted by Crippen LogP contribution is 2.57. The molecule has 2 N–H and O–H groups in total. The summed E-state index contributed by atoms with van der Waals surface area (Å²) < 4.78 is 29.2. The summed E-state index contributed by atoms with van der Waals surface area (Å²) in [5.41, 5.74) is 2.82. The molecule has 7 heteroatoms. The van der Waals surface area contributed by atoms with Crippen molar-refractivity contribution in [1.82, 2.24) is 15.1 Å². The van der Waals surface area contributed by atoms with Crippen LogP contribution in [-0.4, -0.2) is 27.4 Å². The van der Waals surface area contributed by atoms with Crippen LogP contribution < -0.4 is 5.32 Å². The Bertz CT molecular complexity index is 1100. The lowest BCUT2D eigenvalue weighted by molar-refractivity contribution is 0.0909. The highest BCUT2D eigenvalue weighted by Gasteiger charge is 2.50. The summed E-state index contributed by atoms with van der Waals surface area (Å²) in [7, 11) is 0. The molecule has 0 radical (unpaired) electrons. The fourth-order valence-electron chi connectivity index (χ4n) is 4.28. The summed E-state index contributed by atoms with van der Waals surface area (Å²) in [4.78, 5) is 13.0. The number of hydrogen-bond acceptors (Lipinski definition) is 3. The number of nitrogens with one attached hydrogen (secondary N) is 1. The molecule has 0 spiro atoms. The van der Waals surface area contributed by atoms with E-state index in [1.165, 1.54) is 16.8 Å². The van der Waals surface area contributed by atoms with Gasteiger partial charge in [0.15, 0.2) is 11.5 Å². The molecule has 1 heterocycles. The number of aliphatic hydroxyl groups is 1. The number of carbonyl (C=O) groups excluding carboxylic acids is 1. The van der Waals surface area contributed by atoms with E-state index in [9.17, 15) is 18.7 Å². The van der Waals surface area contributed by atoms with Crippen LogP contribution in [0.5, 0.6) is 0 Å². The van der Waals surface area contributed by atoms with Gasteiger partial charge in [0.05, 0.1) is 18.3 Å². The molecule has 148 valence electrons. The molecule has 5 rings (SSSR count). The Morgan fingerprint density at radius 1 is 1.24 bits per heavy atom. The van der Waals surface area contributed by atoms with Gasteiger partial charge in [0.1, 0.15) is 11.5 Å². The zero-order valence-electron chi connectivity index (χ0n) is 15.5. The number of aliphatic hydroxyl groups excluding tert-OH is 1. The zero-order chi connectivity index (χ0) is 20.1. The van der Waals surface area contributed by atoms with Crippen LogP contribution in [0.3, 0.4) is 0 Å². The van der Waals surface area contributed by atoms with Gasteiger partial charge in [-0.1, -0.05) is 30.3 Å². The van der Waals surface area contributed by atoms with E-state index in [-0.39, 0.29) is 23.9 Å². The normalized spacial score (nSPS) is 20.1. The molecule has 0 saturated heterocycles. The quantitative estimate of drug-likeness (QED) is 0.697. The fourth-order valence-corrected chi connectivity index (χ4v) is 4.28. The highest BCUT2D eigenvalue weighted by atomic mass is 19.1. The van der Waals surface area contributed by atoms with Gasteiger partial charge in [-0.2, -0.15) is 5.10 Å². The van der Waals surface area contributed by atoms with Gasteiger partial charge in [-0.3, -0.25) is 4.79 Å². The average Bonchev–Trinajstić information content (AvgIpc) is 3.23. The van der Waals surface area contributed by atoms with E-state index < -0.39 is 23.6 Å². The molecule has 1 saturated carbocycles. The van der Waals surface area contributed by atoms with Crippen LogP contribution >= 0.6 is 0 Å². The Labute approximate surface area is 166 Å². The van der Waals surface area contributed by atoms with E-state index in [0.29, 0.717) is 5.92 Å². The molecule has 3 aromatic rings. The van der Waals surface area contributed by atoms with Crippen LogP contribution in [0.2, 0.25) is 0 Å². The predicted molar refractivity (Wildman–Crippen MR) is 102 cm³/mol. The standard InChI is InChI=1S/C22H19F2N3O2/c23-14-6-7-19(17(24)10-14)27-21-15-8-13(15)9-16(21)20(26-27)22(29)25-18(11-28)12-4-2-1-3-5-12/h1-7,10,13,15,18,28H,8-9,11H2,(H,25,29)/t13-,15-,18+/m1/s1. The first kappa shape index (κ1) is 18.0. The molecule has 3 atom stereocenters. The van der Waals surface area contributed by atoms with Crippen molar-refractivity contribution in [3.8, 4) is 5.69 Å². The number of fused-ring (bicyclic) bond motifs is 3. The molecular formula is C22H19F2N3O2. The maximum atomic E-state index is 14.4. The third-order valence-electron chi connectivity index (χ3n) is 5.81. The monoisotopic (exact) mass is 395 g/mol. The summed E-state index contributed by atoms with van der Waals surface area (Å²) in [5, 5.41) is 17.0. The molecule has 2 aliphatic rings.